The van der Waals surface area contributed by atoms with E-state index < -0.39 is 0 Å². The number of nitrogens with zero attached hydrogens (tertiary/aromatic N) is 3. The van der Waals surface area contributed by atoms with Crippen LogP contribution in [0.1, 0.15) is 43.7 Å². The van der Waals surface area contributed by atoms with Crippen LogP contribution in [0.15, 0.2) is 6.20 Å². The smallest absolute Gasteiger partial charge is 0.341 e. The molecule has 0 aliphatic heterocycles. The maximum atomic E-state index is 11.7. The van der Waals surface area contributed by atoms with Crippen LogP contribution < -0.4 is 4.90 Å². The molecule has 0 radical (unpaired) electrons. The summed E-state index contributed by atoms with van der Waals surface area (Å²) in [5, 5.41) is 0. The molecule has 0 spiro atoms. The van der Waals surface area contributed by atoms with Gasteiger partial charge in [-0.25, -0.2) is 14.8 Å². The zero-order valence-corrected chi connectivity index (χ0v) is 11.6. The van der Waals surface area contributed by atoms with Gasteiger partial charge in [-0.05, 0) is 27.2 Å². The first kappa shape index (κ1) is 14.4. The number of carbonyl (C=O) groups excluding carboxylic acids is 1. The number of ether oxygens (including phenoxy) is 1. The van der Waals surface area contributed by atoms with E-state index in [0.717, 1.165) is 18.8 Å². The first-order valence-electron chi connectivity index (χ1n) is 6.45. The molecule has 18 heavy (non-hydrogen) atoms. The van der Waals surface area contributed by atoms with E-state index >= 15 is 0 Å². The average Bonchev–Trinajstić information content (AvgIpc) is 2.40. The van der Waals surface area contributed by atoms with Crippen molar-refractivity contribution in [3.05, 3.63) is 17.5 Å². The lowest BCUT2D eigenvalue weighted by Gasteiger charge is -2.19. The van der Waals surface area contributed by atoms with Crippen LogP contribution in [0.25, 0.3) is 0 Å². The number of carbonyl (C=O) groups is 1. The average molecular weight is 251 g/mol. The highest BCUT2D eigenvalue weighted by molar-refractivity contribution is 5.90. The summed E-state index contributed by atoms with van der Waals surface area (Å²) in [5.41, 5.74) is 1.21. The minimum Gasteiger partial charge on any atom is -0.462 e. The Balaban J connectivity index is 3.06. The fraction of sp³-hybridized carbons (Fsp3) is 0.615. The van der Waals surface area contributed by atoms with Gasteiger partial charge in [0.1, 0.15) is 0 Å². The molecular weight excluding hydrogens is 230 g/mol. The summed E-state index contributed by atoms with van der Waals surface area (Å²) in [5.74, 6) is 0.324. The summed E-state index contributed by atoms with van der Waals surface area (Å²) >= 11 is 0. The summed E-state index contributed by atoms with van der Waals surface area (Å²) in [4.78, 5) is 22.5. The van der Waals surface area contributed by atoms with Crippen molar-refractivity contribution in [2.24, 2.45) is 0 Å². The fourth-order valence-electron chi connectivity index (χ4n) is 1.71. The molecule has 5 heteroatoms. The molecule has 5 nitrogen and oxygen atoms in total. The van der Waals surface area contributed by atoms with Gasteiger partial charge in [-0.3, -0.25) is 0 Å². The number of rotatable bonds is 6. The van der Waals surface area contributed by atoms with Crippen molar-refractivity contribution in [2.45, 2.75) is 34.1 Å². The molecule has 0 aliphatic rings. The van der Waals surface area contributed by atoms with Crippen molar-refractivity contribution in [3.63, 3.8) is 0 Å². The molecule has 0 unspecified atom stereocenters. The van der Waals surface area contributed by atoms with E-state index in [9.17, 15) is 4.79 Å². The van der Waals surface area contributed by atoms with E-state index in [0.29, 0.717) is 24.5 Å². The summed E-state index contributed by atoms with van der Waals surface area (Å²) in [6.45, 7) is 9.91. The second-order valence-electron chi connectivity index (χ2n) is 3.78. The zero-order valence-electron chi connectivity index (χ0n) is 11.6. The normalized spacial score (nSPS) is 10.2. The lowest BCUT2D eigenvalue weighted by atomic mass is 10.2. The molecule has 100 valence electrons. The fourth-order valence-corrected chi connectivity index (χ4v) is 1.71. The van der Waals surface area contributed by atoms with Gasteiger partial charge in [-0.1, -0.05) is 6.92 Å². The standard InChI is InChI=1S/C13H21N3O2/c1-5-11-10(12(17)18-8-4)9-14-13(15-11)16(6-2)7-3/h9H,5-8H2,1-4H3. The van der Waals surface area contributed by atoms with Crippen molar-refractivity contribution >= 4 is 11.9 Å². The van der Waals surface area contributed by atoms with E-state index in [2.05, 4.69) is 23.8 Å². The molecule has 0 aliphatic carbocycles. The number of aryl methyl sites for hydroxylation is 1. The second-order valence-corrected chi connectivity index (χ2v) is 3.78. The van der Waals surface area contributed by atoms with Crippen LogP contribution in [0.2, 0.25) is 0 Å². The highest BCUT2D eigenvalue weighted by Gasteiger charge is 2.16. The summed E-state index contributed by atoms with van der Waals surface area (Å²) in [6, 6.07) is 0. The van der Waals surface area contributed by atoms with Crippen LogP contribution in [-0.4, -0.2) is 35.6 Å². The monoisotopic (exact) mass is 251 g/mol. The Kier molecular flexibility index (Phi) is 5.55. The van der Waals surface area contributed by atoms with Crippen molar-refractivity contribution in [1.82, 2.24) is 9.97 Å². The topological polar surface area (TPSA) is 55.3 Å². The minimum atomic E-state index is -0.347. The molecule has 0 aromatic carbocycles. The second kappa shape index (κ2) is 6.93. The zero-order chi connectivity index (χ0) is 13.5. The Morgan fingerprint density at radius 1 is 1.28 bits per heavy atom. The summed E-state index contributed by atoms with van der Waals surface area (Å²) < 4.78 is 4.99. The van der Waals surface area contributed by atoms with E-state index in [4.69, 9.17) is 4.74 Å². The number of anilines is 1. The van der Waals surface area contributed by atoms with Crippen LogP contribution in [0.5, 0.6) is 0 Å². The van der Waals surface area contributed by atoms with Gasteiger partial charge in [-0.15, -0.1) is 0 Å². The SMILES string of the molecule is CCOC(=O)c1cnc(N(CC)CC)nc1CC. The number of hydrogen-bond acceptors (Lipinski definition) is 5. The lowest BCUT2D eigenvalue weighted by molar-refractivity contribution is 0.0524. The summed E-state index contributed by atoms with van der Waals surface area (Å²) in [6.07, 6.45) is 2.25. The van der Waals surface area contributed by atoms with Gasteiger partial charge >= 0.3 is 5.97 Å². The van der Waals surface area contributed by atoms with Crippen molar-refractivity contribution < 1.29 is 9.53 Å². The largest absolute Gasteiger partial charge is 0.462 e. The lowest BCUT2D eigenvalue weighted by Crippen LogP contribution is -2.25. The van der Waals surface area contributed by atoms with Gasteiger partial charge in [0.15, 0.2) is 0 Å². The Morgan fingerprint density at radius 3 is 2.44 bits per heavy atom. The third-order valence-corrected chi connectivity index (χ3v) is 2.73. The van der Waals surface area contributed by atoms with Gasteiger partial charge in [-0.2, -0.15) is 0 Å². The molecule has 1 aromatic heterocycles. The van der Waals surface area contributed by atoms with Crippen molar-refractivity contribution in [1.29, 1.82) is 0 Å². The van der Waals surface area contributed by atoms with E-state index in [1.165, 1.54) is 0 Å². The molecule has 0 N–H and O–H groups in total. The highest BCUT2D eigenvalue weighted by atomic mass is 16.5. The maximum absolute atomic E-state index is 11.7. The van der Waals surface area contributed by atoms with Crippen molar-refractivity contribution in [2.75, 3.05) is 24.6 Å². The first-order valence-corrected chi connectivity index (χ1v) is 6.45. The molecule has 1 rings (SSSR count). The highest BCUT2D eigenvalue weighted by Crippen LogP contribution is 2.13. The van der Waals surface area contributed by atoms with Gasteiger partial charge < -0.3 is 9.64 Å². The van der Waals surface area contributed by atoms with E-state index in [1.807, 2.05) is 11.8 Å². The van der Waals surface area contributed by atoms with E-state index in [-0.39, 0.29) is 5.97 Å². The number of hydrogen-bond donors (Lipinski definition) is 0. The van der Waals surface area contributed by atoms with Gasteiger partial charge in [0.05, 0.1) is 17.9 Å². The maximum Gasteiger partial charge on any atom is 0.341 e. The number of aromatic nitrogens is 2. The summed E-state index contributed by atoms with van der Waals surface area (Å²) in [7, 11) is 0. The van der Waals surface area contributed by atoms with Gasteiger partial charge in [0.25, 0.3) is 0 Å². The van der Waals surface area contributed by atoms with E-state index in [1.54, 1.807) is 13.1 Å². The number of esters is 1. The van der Waals surface area contributed by atoms with Crippen LogP contribution in [0.3, 0.4) is 0 Å². The van der Waals surface area contributed by atoms with Crippen LogP contribution in [0, 0.1) is 0 Å². The quantitative estimate of drug-likeness (QED) is 0.724. The Morgan fingerprint density at radius 2 is 1.94 bits per heavy atom. The molecule has 1 heterocycles. The molecule has 0 amide bonds. The molecule has 0 saturated carbocycles. The van der Waals surface area contributed by atoms with Gasteiger partial charge in [0, 0.05) is 19.3 Å². The van der Waals surface area contributed by atoms with Crippen LogP contribution in [-0.2, 0) is 11.2 Å². The Labute approximate surface area is 108 Å². The third kappa shape index (κ3) is 3.18. The predicted octanol–water partition coefficient (Wildman–Crippen LogP) is 2.06. The van der Waals surface area contributed by atoms with Crippen molar-refractivity contribution in [3.8, 4) is 0 Å². The molecule has 1 aromatic rings. The first-order chi connectivity index (χ1) is 8.67. The Hall–Kier alpha value is -1.65. The molecule has 0 bridgehead atoms. The third-order valence-electron chi connectivity index (χ3n) is 2.73. The molecule has 0 atom stereocenters. The minimum absolute atomic E-state index is 0.347. The predicted molar refractivity (Wildman–Crippen MR) is 70.9 cm³/mol. The Bertz CT molecular complexity index is 403. The van der Waals surface area contributed by atoms with Gasteiger partial charge in [0.2, 0.25) is 5.95 Å². The van der Waals surface area contributed by atoms with Crippen LogP contribution >= 0.6 is 0 Å². The molecule has 0 saturated heterocycles. The van der Waals surface area contributed by atoms with Crippen LogP contribution in [0.4, 0.5) is 5.95 Å². The molecular formula is C13H21N3O2. The molecule has 0 fully saturated rings.